The van der Waals surface area contributed by atoms with E-state index < -0.39 is 5.41 Å². The van der Waals surface area contributed by atoms with E-state index in [-0.39, 0.29) is 11.8 Å². The summed E-state index contributed by atoms with van der Waals surface area (Å²) in [6.07, 6.45) is 8.80. The third kappa shape index (κ3) is 3.19. The van der Waals surface area contributed by atoms with Gasteiger partial charge in [-0.25, -0.2) is 4.98 Å². The fraction of sp³-hybridized carbons (Fsp3) is 0.480. The molecule has 32 heavy (non-hydrogen) atoms. The quantitative estimate of drug-likeness (QED) is 0.635. The van der Waals surface area contributed by atoms with Gasteiger partial charge in [-0.2, -0.15) is 0 Å². The lowest BCUT2D eigenvalue weighted by Crippen LogP contribution is -2.36. The lowest BCUT2D eigenvalue weighted by atomic mass is 9.80. The number of anilines is 3. The number of piperidine rings is 1. The fourth-order valence-corrected chi connectivity index (χ4v) is 6.02. The van der Waals surface area contributed by atoms with Gasteiger partial charge in [0.15, 0.2) is 0 Å². The summed E-state index contributed by atoms with van der Waals surface area (Å²) in [5, 5.41) is 6.48. The molecule has 2 spiro atoms. The van der Waals surface area contributed by atoms with Crippen LogP contribution in [0.1, 0.15) is 67.3 Å². The minimum Gasteiger partial charge on any atom is -0.356 e. The van der Waals surface area contributed by atoms with Crippen molar-refractivity contribution in [2.75, 3.05) is 28.6 Å². The molecule has 2 N–H and O–H groups in total. The number of nitrogens with zero attached hydrogens (tertiary/aromatic N) is 2. The molecule has 2 aromatic rings. The second kappa shape index (κ2) is 7.20. The van der Waals surface area contributed by atoms with Crippen LogP contribution in [0, 0.1) is 5.41 Å². The van der Waals surface area contributed by atoms with Crippen LogP contribution >= 0.6 is 11.6 Å². The molecule has 0 radical (unpaired) electrons. The van der Waals surface area contributed by atoms with Gasteiger partial charge in [-0.1, -0.05) is 24.4 Å². The summed E-state index contributed by atoms with van der Waals surface area (Å²) in [7, 11) is 0. The first-order chi connectivity index (χ1) is 15.5. The topological polar surface area (TPSA) is 74.3 Å². The van der Waals surface area contributed by atoms with Crippen LogP contribution in [0.2, 0.25) is 5.15 Å². The number of aromatic nitrogens is 1. The van der Waals surface area contributed by atoms with Crippen LogP contribution in [-0.2, 0) is 10.2 Å². The minimum absolute atomic E-state index is 0.0937. The van der Waals surface area contributed by atoms with Gasteiger partial charge in [-0.15, -0.1) is 0 Å². The predicted octanol–water partition coefficient (Wildman–Crippen LogP) is 5.13. The highest BCUT2D eigenvalue weighted by atomic mass is 35.5. The SMILES string of the molecule is O=C(Nc1ccc2c(c1)C1(CCCC1)C(=O)N2)c1ccc(Cl)nc1N1CCC2(CC1)CC2. The molecule has 166 valence electrons. The number of hydrogen-bond donors (Lipinski definition) is 2. The van der Waals surface area contributed by atoms with Crippen LogP contribution in [0.4, 0.5) is 17.2 Å². The highest BCUT2D eigenvalue weighted by Crippen LogP contribution is 2.54. The third-order valence-corrected chi connectivity index (χ3v) is 8.31. The number of carbonyl (C=O) groups excluding carboxylic acids is 2. The first kappa shape index (κ1) is 20.0. The van der Waals surface area contributed by atoms with E-state index in [0.29, 0.717) is 27.6 Å². The van der Waals surface area contributed by atoms with Gasteiger partial charge >= 0.3 is 0 Å². The molecule has 1 aromatic carbocycles. The Kier molecular flexibility index (Phi) is 4.51. The van der Waals surface area contributed by atoms with E-state index in [9.17, 15) is 9.59 Å². The summed E-state index contributed by atoms with van der Waals surface area (Å²) >= 11 is 6.21. The maximum absolute atomic E-state index is 13.3. The van der Waals surface area contributed by atoms with Gasteiger partial charge in [0.05, 0.1) is 11.0 Å². The fourth-order valence-electron chi connectivity index (χ4n) is 5.88. The summed E-state index contributed by atoms with van der Waals surface area (Å²) in [6, 6.07) is 9.16. The van der Waals surface area contributed by atoms with Crippen LogP contribution < -0.4 is 15.5 Å². The van der Waals surface area contributed by atoms with Gasteiger partial charge in [0.1, 0.15) is 11.0 Å². The van der Waals surface area contributed by atoms with Crippen molar-refractivity contribution >= 4 is 40.6 Å². The number of fused-ring (bicyclic) bond motifs is 2. The Morgan fingerprint density at radius 3 is 2.50 bits per heavy atom. The molecule has 2 aliphatic carbocycles. The van der Waals surface area contributed by atoms with Crippen LogP contribution in [0.25, 0.3) is 0 Å². The Morgan fingerprint density at radius 2 is 1.78 bits per heavy atom. The molecule has 0 unspecified atom stereocenters. The molecular weight excluding hydrogens is 424 g/mol. The Balaban J connectivity index is 1.26. The number of halogens is 1. The predicted molar refractivity (Wildman–Crippen MR) is 126 cm³/mol. The van der Waals surface area contributed by atoms with Crippen molar-refractivity contribution in [3.8, 4) is 0 Å². The maximum Gasteiger partial charge on any atom is 0.259 e. The zero-order valence-electron chi connectivity index (χ0n) is 18.0. The van der Waals surface area contributed by atoms with Gasteiger partial charge in [0, 0.05) is 24.5 Å². The molecule has 4 aliphatic rings. The van der Waals surface area contributed by atoms with E-state index in [0.717, 1.165) is 62.9 Å². The molecule has 2 saturated carbocycles. The van der Waals surface area contributed by atoms with Crippen LogP contribution in [0.5, 0.6) is 0 Å². The highest BCUT2D eigenvalue weighted by Gasteiger charge is 2.48. The largest absolute Gasteiger partial charge is 0.356 e. The zero-order valence-corrected chi connectivity index (χ0v) is 18.8. The van der Waals surface area contributed by atoms with Crippen LogP contribution in [0.3, 0.4) is 0 Å². The normalized spacial score (nSPS) is 22.2. The summed E-state index contributed by atoms with van der Waals surface area (Å²) in [4.78, 5) is 32.7. The Bertz CT molecular complexity index is 1110. The first-order valence-electron chi connectivity index (χ1n) is 11.7. The lowest BCUT2D eigenvalue weighted by molar-refractivity contribution is -0.120. The van der Waals surface area contributed by atoms with Gasteiger partial charge in [0.25, 0.3) is 5.91 Å². The summed E-state index contributed by atoms with van der Waals surface area (Å²) in [5.74, 6) is 0.556. The molecule has 6 rings (SSSR count). The molecule has 6 nitrogen and oxygen atoms in total. The molecule has 3 fully saturated rings. The monoisotopic (exact) mass is 450 g/mol. The van der Waals surface area contributed by atoms with Crippen LogP contribution in [0.15, 0.2) is 30.3 Å². The smallest absolute Gasteiger partial charge is 0.259 e. The number of amides is 2. The van der Waals surface area contributed by atoms with Crippen molar-refractivity contribution in [1.29, 1.82) is 0 Å². The van der Waals surface area contributed by atoms with Crippen molar-refractivity contribution in [3.05, 3.63) is 46.6 Å². The number of rotatable bonds is 3. The highest BCUT2D eigenvalue weighted by molar-refractivity contribution is 6.29. The molecule has 7 heteroatoms. The average Bonchev–Trinajstić information content (AvgIpc) is 3.25. The Labute approximate surface area is 192 Å². The summed E-state index contributed by atoms with van der Waals surface area (Å²) < 4.78 is 0. The standard InChI is InChI=1S/C25H27ClN4O2/c26-20-6-4-17(21(29-20)30-13-11-24(9-10-24)12-14-30)22(31)27-16-3-5-19-18(15-16)25(23(32)28-19)7-1-2-8-25/h3-6,15H,1-2,7-14H2,(H,27,31)(H,28,32). The molecule has 2 amide bonds. The van der Waals surface area contributed by atoms with Crippen molar-refractivity contribution in [2.45, 2.75) is 56.8 Å². The molecular formula is C25H27ClN4O2. The number of benzene rings is 1. The second-order valence-corrected chi connectivity index (χ2v) is 10.3. The first-order valence-corrected chi connectivity index (χ1v) is 12.0. The van der Waals surface area contributed by atoms with E-state index in [1.165, 1.54) is 12.8 Å². The van der Waals surface area contributed by atoms with E-state index >= 15 is 0 Å². The molecule has 1 saturated heterocycles. The average molecular weight is 451 g/mol. The van der Waals surface area contributed by atoms with Crippen molar-refractivity contribution in [1.82, 2.24) is 4.98 Å². The zero-order chi connectivity index (χ0) is 21.9. The van der Waals surface area contributed by atoms with Crippen molar-refractivity contribution < 1.29 is 9.59 Å². The molecule has 2 aliphatic heterocycles. The van der Waals surface area contributed by atoms with Crippen molar-refractivity contribution in [2.24, 2.45) is 5.41 Å². The van der Waals surface area contributed by atoms with Gasteiger partial charge in [0.2, 0.25) is 5.91 Å². The second-order valence-electron chi connectivity index (χ2n) is 9.95. The molecule has 1 aromatic heterocycles. The van der Waals surface area contributed by atoms with Crippen LogP contribution in [-0.4, -0.2) is 29.9 Å². The molecule has 0 atom stereocenters. The summed E-state index contributed by atoms with van der Waals surface area (Å²) in [5.41, 5.74) is 3.22. The van der Waals surface area contributed by atoms with E-state index in [2.05, 4.69) is 20.5 Å². The van der Waals surface area contributed by atoms with Gasteiger partial charge in [-0.05, 0) is 79.8 Å². The summed E-state index contributed by atoms with van der Waals surface area (Å²) in [6.45, 7) is 1.81. The van der Waals surface area contributed by atoms with Crippen molar-refractivity contribution in [3.63, 3.8) is 0 Å². The number of carbonyl (C=O) groups is 2. The Hall–Kier alpha value is -2.60. The lowest BCUT2D eigenvalue weighted by Gasteiger charge is -2.34. The van der Waals surface area contributed by atoms with Gasteiger partial charge < -0.3 is 15.5 Å². The van der Waals surface area contributed by atoms with E-state index in [1.54, 1.807) is 12.1 Å². The third-order valence-electron chi connectivity index (χ3n) is 8.10. The van der Waals surface area contributed by atoms with E-state index in [1.807, 2.05) is 18.2 Å². The van der Waals surface area contributed by atoms with Gasteiger partial charge in [-0.3, -0.25) is 9.59 Å². The number of hydrogen-bond acceptors (Lipinski definition) is 4. The minimum atomic E-state index is -0.435. The molecule has 3 heterocycles. The Morgan fingerprint density at radius 1 is 1.03 bits per heavy atom. The maximum atomic E-state index is 13.3. The van der Waals surface area contributed by atoms with E-state index in [4.69, 9.17) is 11.6 Å². The molecule has 0 bridgehead atoms. The number of pyridine rings is 1. The number of nitrogens with one attached hydrogen (secondary N) is 2.